The Balaban J connectivity index is 1.73. The minimum atomic E-state index is -0.233. The summed E-state index contributed by atoms with van der Waals surface area (Å²) in [5, 5.41) is 4.59. The monoisotopic (exact) mass is 320 g/mol. The summed E-state index contributed by atoms with van der Waals surface area (Å²) in [5.74, 6) is -0.233. The van der Waals surface area contributed by atoms with Crippen LogP contribution in [0.15, 0.2) is 65.7 Å². The number of nitrogens with zero attached hydrogens (tertiary/aromatic N) is 3. The van der Waals surface area contributed by atoms with E-state index in [-0.39, 0.29) is 5.91 Å². The van der Waals surface area contributed by atoms with E-state index in [0.717, 1.165) is 11.3 Å². The zero-order chi connectivity index (χ0) is 15.6. The van der Waals surface area contributed by atoms with Crippen LogP contribution in [0.5, 0.6) is 0 Å². The molecule has 5 nitrogen and oxygen atoms in total. The fourth-order valence-electron chi connectivity index (χ4n) is 2.37. The zero-order valence-electron chi connectivity index (χ0n) is 12.0. The molecule has 0 saturated carbocycles. The van der Waals surface area contributed by atoms with Crippen molar-refractivity contribution < 1.29 is 4.79 Å². The van der Waals surface area contributed by atoms with Crippen LogP contribution in [0.2, 0.25) is 0 Å². The minimum Gasteiger partial charge on any atom is -0.317 e. The first-order chi connectivity index (χ1) is 11.3. The number of thiazole rings is 1. The van der Waals surface area contributed by atoms with Crippen molar-refractivity contribution in [3.63, 3.8) is 0 Å². The Morgan fingerprint density at radius 3 is 2.78 bits per heavy atom. The number of rotatable bonds is 3. The second-order valence-electron chi connectivity index (χ2n) is 4.97. The van der Waals surface area contributed by atoms with Crippen LogP contribution >= 0.6 is 11.3 Å². The largest absolute Gasteiger partial charge is 0.317 e. The fourth-order valence-corrected chi connectivity index (χ4v) is 2.90. The number of fused-ring (bicyclic) bond motifs is 1. The molecule has 4 rings (SSSR count). The Hall–Kier alpha value is -2.99. The summed E-state index contributed by atoms with van der Waals surface area (Å²) in [4.78, 5) is 20.9. The predicted octanol–water partition coefficient (Wildman–Crippen LogP) is 3.71. The molecule has 0 bridgehead atoms. The Labute approximate surface area is 136 Å². The summed E-state index contributed by atoms with van der Waals surface area (Å²) in [6, 6.07) is 13.7. The molecule has 0 atom stereocenters. The molecule has 6 heteroatoms. The van der Waals surface area contributed by atoms with Gasteiger partial charge in [0.1, 0.15) is 5.69 Å². The molecule has 3 aromatic heterocycles. The van der Waals surface area contributed by atoms with Gasteiger partial charge in [-0.2, -0.15) is 0 Å². The lowest BCUT2D eigenvalue weighted by molar-refractivity contribution is 0.102. The number of nitrogens with one attached hydrogen (secondary N) is 1. The molecule has 112 valence electrons. The summed E-state index contributed by atoms with van der Waals surface area (Å²) >= 11 is 1.39. The maximum absolute atomic E-state index is 12.2. The fraction of sp³-hybridized carbons (Fsp3) is 0. The molecule has 0 spiro atoms. The maximum Gasteiger partial charge on any atom is 0.275 e. The van der Waals surface area contributed by atoms with Gasteiger partial charge in [0.25, 0.3) is 5.91 Å². The highest BCUT2D eigenvalue weighted by molar-refractivity contribution is 7.07. The number of benzene rings is 1. The van der Waals surface area contributed by atoms with Gasteiger partial charge >= 0.3 is 0 Å². The predicted molar refractivity (Wildman–Crippen MR) is 90.7 cm³/mol. The van der Waals surface area contributed by atoms with Gasteiger partial charge in [-0.25, -0.2) is 9.97 Å². The third kappa shape index (κ3) is 2.60. The summed E-state index contributed by atoms with van der Waals surface area (Å²) in [6.45, 7) is 0. The topological polar surface area (TPSA) is 59.3 Å². The van der Waals surface area contributed by atoms with Crippen LogP contribution in [0.4, 0.5) is 5.69 Å². The van der Waals surface area contributed by atoms with Gasteiger partial charge in [0, 0.05) is 23.3 Å². The van der Waals surface area contributed by atoms with Crippen molar-refractivity contribution >= 4 is 28.6 Å². The zero-order valence-corrected chi connectivity index (χ0v) is 12.8. The number of hydrogen-bond acceptors (Lipinski definition) is 4. The first kappa shape index (κ1) is 13.7. The molecule has 1 amide bonds. The molecule has 0 aliphatic heterocycles. The molecule has 0 fully saturated rings. The Kier molecular flexibility index (Phi) is 3.36. The minimum absolute atomic E-state index is 0.233. The number of anilines is 1. The van der Waals surface area contributed by atoms with Gasteiger partial charge in [-0.05, 0) is 12.1 Å². The maximum atomic E-state index is 12.2. The lowest BCUT2D eigenvalue weighted by atomic mass is 10.2. The second kappa shape index (κ2) is 5.66. The van der Waals surface area contributed by atoms with Crippen LogP contribution in [0.25, 0.3) is 16.9 Å². The van der Waals surface area contributed by atoms with E-state index >= 15 is 0 Å². The third-order valence-electron chi connectivity index (χ3n) is 3.47. The van der Waals surface area contributed by atoms with Gasteiger partial charge < -0.3 is 9.72 Å². The van der Waals surface area contributed by atoms with Crippen LogP contribution in [0, 0.1) is 0 Å². The molecule has 0 aliphatic rings. The molecule has 0 saturated heterocycles. The van der Waals surface area contributed by atoms with E-state index < -0.39 is 0 Å². The lowest BCUT2D eigenvalue weighted by Crippen LogP contribution is -2.12. The molecule has 0 aliphatic carbocycles. The summed E-state index contributed by atoms with van der Waals surface area (Å²) < 4.78 is 1.90. The number of amides is 1. The number of carbonyl (C=O) groups excluding carboxylic acids is 1. The van der Waals surface area contributed by atoms with Crippen LogP contribution in [0.1, 0.15) is 10.5 Å². The van der Waals surface area contributed by atoms with Gasteiger partial charge in [-0.3, -0.25) is 4.79 Å². The number of pyridine rings is 1. The van der Waals surface area contributed by atoms with Crippen LogP contribution in [-0.2, 0) is 0 Å². The molecule has 0 unspecified atom stereocenters. The van der Waals surface area contributed by atoms with Crippen molar-refractivity contribution in [2.45, 2.75) is 0 Å². The van der Waals surface area contributed by atoms with E-state index in [4.69, 9.17) is 0 Å². The Morgan fingerprint density at radius 2 is 2.00 bits per heavy atom. The summed E-state index contributed by atoms with van der Waals surface area (Å²) in [5.41, 5.74) is 5.31. The van der Waals surface area contributed by atoms with Gasteiger partial charge in [0.15, 0.2) is 5.65 Å². The standard InChI is InChI=1S/C17H12N4OS/c22-17(15-10-23-11-18-15)20-13-7-4-8-21-9-14(19-16(13)21)12-5-2-1-3-6-12/h1-11H,(H,20,22). The lowest BCUT2D eigenvalue weighted by Gasteiger charge is -2.04. The summed E-state index contributed by atoms with van der Waals surface area (Å²) in [7, 11) is 0. The van der Waals surface area contributed by atoms with E-state index in [0.29, 0.717) is 17.0 Å². The van der Waals surface area contributed by atoms with Gasteiger partial charge in [0.05, 0.1) is 16.9 Å². The molecule has 3 heterocycles. The SMILES string of the molecule is O=C(Nc1cccn2cc(-c3ccccc3)nc12)c1cscn1. The normalized spacial score (nSPS) is 10.8. The van der Waals surface area contributed by atoms with E-state index in [2.05, 4.69) is 15.3 Å². The highest BCUT2D eigenvalue weighted by Crippen LogP contribution is 2.23. The van der Waals surface area contributed by atoms with Crippen molar-refractivity contribution in [3.05, 3.63) is 71.4 Å². The van der Waals surface area contributed by atoms with E-state index in [1.54, 1.807) is 10.9 Å². The first-order valence-corrected chi connectivity index (χ1v) is 7.98. The van der Waals surface area contributed by atoms with Crippen molar-refractivity contribution in [3.8, 4) is 11.3 Å². The second-order valence-corrected chi connectivity index (χ2v) is 5.69. The Bertz CT molecular complexity index is 961. The summed E-state index contributed by atoms with van der Waals surface area (Å²) in [6.07, 6.45) is 3.86. The van der Waals surface area contributed by atoms with Crippen molar-refractivity contribution in [1.29, 1.82) is 0 Å². The van der Waals surface area contributed by atoms with Gasteiger partial charge in [-0.1, -0.05) is 30.3 Å². The average molecular weight is 320 g/mol. The molecule has 1 aromatic carbocycles. The molecular formula is C17H12N4OS. The van der Waals surface area contributed by atoms with E-state index in [9.17, 15) is 4.79 Å². The number of carbonyl (C=O) groups is 1. The molecule has 23 heavy (non-hydrogen) atoms. The molecule has 0 radical (unpaired) electrons. The van der Waals surface area contributed by atoms with Gasteiger partial charge in [0.2, 0.25) is 0 Å². The van der Waals surface area contributed by atoms with Crippen molar-refractivity contribution in [1.82, 2.24) is 14.4 Å². The van der Waals surface area contributed by atoms with Crippen LogP contribution in [0.3, 0.4) is 0 Å². The third-order valence-corrected chi connectivity index (χ3v) is 4.05. The number of aromatic nitrogens is 3. The number of imidazole rings is 1. The molecule has 4 aromatic rings. The quantitative estimate of drug-likeness (QED) is 0.626. The molecule has 1 N–H and O–H groups in total. The number of hydrogen-bond donors (Lipinski definition) is 1. The highest BCUT2D eigenvalue weighted by Gasteiger charge is 2.12. The highest BCUT2D eigenvalue weighted by atomic mass is 32.1. The van der Waals surface area contributed by atoms with Gasteiger partial charge in [-0.15, -0.1) is 11.3 Å². The molecular weight excluding hydrogens is 308 g/mol. The first-order valence-electron chi connectivity index (χ1n) is 7.04. The Morgan fingerprint density at radius 1 is 1.13 bits per heavy atom. The average Bonchev–Trinajstić information content (AvgIpc) is 3.26. The van der Waals surface area contributed by atoms with Crippen LogP contribution in [-0.4, -0.2) is 20.3 Å². The van der Waals surface area contributed by atoms with E-state index in [1.165, 1.54) is 11.3 Å². The van der Waals surface area contributed by atoms with E-state index in [1.807, 2.05) is 59.3 Å². The van der Waals surface area contributed by atoms with Crippen LogP contribution < -0.4 is 5.32 Å². The van der Waals surface area contributed by atoms with Crippen molar-refractivity contribution in [2.75, 3.05) is 5.32 Å². The smallest absolute Gasteiger partial charge is 0.275 e. The van der Waals surface area contributed by atoms with Crippen molar-refractivity contribution in [2.24, 2.45) is 0 Å².